The first kappa shape index (κ1) is 28.7. The molecule has 0 aromatic carbocycles. The van der Waals surface area contributed by atoms with E-state index in [0.29, 0.717) is 11.3 Å². The molecule has 2 heterocycles. The molecule has 194 valence electrons. The van der Waals surface area contributed by atoms with Gasteiger partial charge >= 0.3 is 0 Å². The van der Waals surface area contributed by atoms with E-state index in [2.05, 4.69) is 37.5 Å². The van der Waals surface area contributed by atoms with E-state index in [1.165, 1.54) is 122 Å². The molecule has 0 N–H and O–H groups in total. The van der Waals surface area contributed by atoms with Crippen molar-refractivity contribution in [1.82, 2.24) is 9.80 Å². The van der Waals surface area contributed by atoms with Gasteiger partial charge in [0.15, 0.2) is 0 Å². The molecule has 0 radical (unpaired) electrons. The van der Waals surface area contributed by atoms with Gasteiger partial charge < -0.3 is 9.80 Å². The molecule has 0 aromatic rings. The normalized spacial score (nSPS) is 20.8. The number of carbonyl (C=O) groups is 1. The molecule has 2 atom stereocenters. The number of likely N-dealkylation sites (tertiary alicyclic amines) is 2. The molecule has 33 heavy (non-hydrogen) atoms. The summed E-state index contributed by atoms with van der Waals surface area (Å²) in [6.45, 7) is 15.0. The third-order valence-corrected chi connectivity index (χ3v) is 8.96. The molecule has 0 bridgehead atoms. The van der Waals surface area contributed by atoms with Gasteiger partial charge in [0.05, 0.1) is 0 Å². The van der Waals surface area contributed by atoms with Crippen molar-refractivity contribution in [2.45, 2.75) is 137 Å². The standard InChI is InChI=1S/C30H58N2O/c1-5-8-10-12-15-27(4)29(33)32-25-20-30(21-26-32)18-23-31(24-19-30)22-13-17-28(14-7-3)16-11-9-6-2/h27-28H,5-26H2,1-4H3. The van der Waals surface area contributed by atoms with Crippen molar-refractivity contribution >= 4 is 5.91 Å². The number of hydrogen-bond donors (Lipinski definition) is 0. The van der Waals surface area contributed by atoms with E-state index < -0.39 is 0 Å². The summed E-state index contributed by atoms with van der Waals surface area (Å²) in [5, 5.41) is 0. The number of hydrogen-bond acceptors (Lipinski definition) is 2. The van der Waals surface area contributed by atoms with Crippen molar-refractivity contribution in [3.05, 3.63) is 0 Å². The Morgan fingerprint density at radius 2 is 1.27 bits per heavy atom. The Morgan fingerprint density at radius 3 is 1.91 bits per heavy atom. The van der Waals surface area contributed by atoms with Crippen LogP contribution in [0.25, 0.3) is 0 Å². The zero-order chi connectivity index (χ0) is 23.9. The molecule has 0 saturated carbocycles. The van der Waals surface area contributed by atoms with Crippen molar-refractivity contribution in [3.8, 4) is 0 Å². The maximum absolute atomic E-state index is 12.9. The van der Waals surface area contributed by atoms with Crippen LogP contribution in [-0.4, -0.2) is 48.4 Å². The molecule has 1 spiro atoms. The number of amides is 1. The number of rotatable bonds is 16. The molecule has 2 aliphatic heterocycles. The molecule has 2 saturated heterocycles. The monoisotopic (exact) mass is 462 g/mol. The van der Waals surface area contributed by atoms with Gasteiger partial charge in [-0.05, 0) is 75.9 Å². The number of piperidine rings is 2. The highest BCUT2D eigenvalue weighted by atomic mass is 16.2. The Kier molecular flexibility index (Phi) is 14.0. The van der Waals surface area contributed by atoms with Crippen LogP contribution in [0.5, 0.6) is 0 Å². The molecule has 2 rings (SSSR count). The second-order valence-corrected chi connectivity index (χ2v) is 11.7. The third-order valence-electron chi connectivity index (χ3n) is 8.96. The lowest BCUT2D eigenvalue weighted by molar-refractivity contribution is -0.138. The number of nitrogens with zero attached hydrogens (tertiary/aromatic N) is 2. The van der Waals surface area contributed by atoms with Crippen molar-refractivity contribution in [1.29, 1.82) is 0 Å². The van der Waals surface area contributed by atoms with E-state index in [4.69, 9.17) is 0 Å². The van der Waals surface area contributed by atoms with Crippen LogP contribution in [0.4, 0.5) is 0 Å². The molecule has 0 aromatic heterocycles. The van der Waals surface area contributed by atoms with Crippen molar-refractivity contribution < 1.29 is 4.79 Å². The summed E-state index contributed by atoms with van der Waals surface area (Å²) < 4.78 is 0. The zero-order valence-electron chi connectivity index (χ0n) is 23.0. The third kappa shape index (κ3) is 10.3. The van der Waals surface area contributed by atoms with Crippen molar-refractivity contribution in [2.24, 2.45) is 17.3 Å². The first-order chi connectivity index (χ1) is 16.0. The predicted octanol–water partition coefficient (Wildman–Crippen LogP) is 8.07. The lowest BCUT2D eigenvalue weighted by Crippen LogP contribution is -2.49. The average Bonchev–Trinajstić information content (AvgIpc) is 2.83. The van der Waals surface area contributed by atoms with Crippen LogP contribution < -0.4 is 0 Å². The average molecular weight is 463 g/mol. The van der Waals surface area contributed by atoms with Crippen LogP contribution >= 0.6 is 0 Å². The highest BCUT2D eigenvalue weighted by molar-refractivity contribution is 5.78. The maximum Gasteiger partial charge on any atom is 0.225 e. The van der Waals surface area contributed by atoms with E-state index in [1.807, 2.05) is 0 Å². The summed E-state index contributed by atoms with van der Waals surface area (Å²) in [4.78, 5) is 17.9. The summed E-state index contributed by atoms with van der Waals surface area (Å²) in [5.74, 6) is 1.61. The van der Waals surface area contributed by atoms with Crippen LogP contribution in [0, 0.1) is 17.3 Å². The maximum atomic E-state index is 12.9. The number of unbranched alkanes of at least 4 members (excludes halogenated alkanes) is 5. The fourth-order valence-electron chi connectivity index (χ4n) is 6.39. The van der Waals surface area contributed by atoms with Crippen LogP contribution in [0.15, 0.2) is 0 Å². The van der Waals surface area contributed by atoms with Gasteiger partial charge in [-0.15, -0.1) is 0 Å². The van der Waals surface area contributed by atoms with Gasteiger partial charge in [-0.25, -0.2) is 0 Å². The Morgan fingerprint density at radius 1 is 0.697 bits per heavy atom. The van der Waals surface area contributed by atoms with Gasteiger partial charge in [0.1, 0.15) is 0 Å². The summed E-state index contributed by atoms with van der Waals surface area (Å²) >= 11 is 0. The Labute approximate surface area is 207 Å². The summed E-state index contributed by atoms with van der Waals surface area (Å²) in [5.41, 5.74) is 0.530. The van der Waals surface area contributed by atoms with E-state index >= 15 is 0 Å². The molecular weight excluding hydrogens is 404 g/mol. The van der Waals surface area contributed by atoms with E-state index in [9.17, 15) is 4.79 Å². The second kappa shape index (κ2) is 16.2. The molecule has 2 fully saturated rings. The largest absolute Gasteiger partial charge is 0.342 e. The van der Waals surface area contributed by atoms with Gasteiger partial charge in [-0.2, -0.15) is 0 Å². The predicted molar refractivity (Wildman–Crippen MR) is 144 cm³/mol. The first-order valence-electron chi connectivity index (χ1n) is 15.0. The molecule has 2 aliphatic rings. The highest BCUT2D eigenvalue weighted by Gasteiger charge is 2.38. The van der Waals surface area contributed by atoms with Gasteiger partial charge in [0.25, 0.3) is 0 Å². The smallest absolute Gasteiger partial charge is 0.225 e. The van der Waals surface area contributed by atoms with E-state index in [0.717, 1.165) is 25.4 Å². The Hall–Kier alpha value is -0.570. The van der Waals surface area contributed by atoms with Gasteiger partial charge in [0, 0.05) is 19.0 Å². The van der Waals surface area contributed by atoms with Crippen LogP contribution in [0.3, 0.4) is 0 Å². The van der Waals surface area contributed by atoms with Gasteiger partial charge in [-0.3, -0.25) is 4.79 Å². The molecular formula is C30H58N2O. The molecule has 3 heteroatoms. The lowest BCUT2D eigenvalue weighted by Gasteiger charge is -2.47. The van der Waals surface area contributed by atoms with E-state index in [1.54, 1.807) is 0 Å². The van der Waals surface area contributed by atoms with Crippen LogP contribution in [0.1, 0.15) is 137 Å². The summed E-state index contributed by atoms with van der Waals surface area (Å²) in [7, 11) is 0. The highest BCUT2D eigenvalue weighted by Crippen LogP contribution is 2.41. The fraction of sp³-hybridized carbons (Fsp3) is 0.967. The topological polar surface area (TPSA) is 23.6 Å². The van der Waals surface area contributed by atoms with Crippen LogP contribution in [-0.2, 0) is 4.79 Å². The molecule has 2 unspecified atom stereocenters. The first-order valence-corrected chi connectivity index (χ1v) is 15.0. The van der Waals surface area contributed by atoms with E-state index in [-0.39, 0.29) is 5.92 Å². The molecule has 0 aliphatic carbocycles. The minimum absolute atomic E-state index is 0.219. The number of carbonyl (C=O) groups excluding carboxylic acids is 1. The molecule has 3 nitrogen and oxygen atoms in total. The summed E-state index contributed by atoms with van der Waals surface area (Å²) in [6, 6.07) is 0. The van der Waals surface area contributed by atoms with Gasteiger partial charge in [0.2, 0.25) is 5.91 Å². The molecule has 1 amide bonds. The SMILES string of the molecule is CCCCCCC(C)C(=O)N1CCC2(CCN(CCCC(CCC)CCCCC)CC2)CC1. The van der Waals surface area contributed by atoms with Crippen LogP contribution in [0.2, 0.25) is 0 Å². The second-order valence-electron chi connectivity index (χ2n) is 11.7. The Balaban J connectivity index is 1.63. The Bertz CT molecular complexity index is 501. The van der Waals surface area contributed by atoms with Gasteiger partial charge in [-0.1, -0.05) is 91.9 Å². The lowest BCUT2D eigenvalue weighted by atomic mass is 9.71. The zero-order valence-corrected chi connectivity index (χ0v) is 23.0. The fourth-order valence-corrected chi connectivity index (χ4v) is 6.39. The quantitative estimate of drug-likeness (QED) is 0.216. The minimum Gasteiger partial charge on any atom is -0.342 e. The summed E-state index contributed by atoms with van der Waals surface area (Å²) in [6.07, 6.45) is 22.6. The van der Waals surface area contributed by atoms with Crippen molar-refractivity contribution in [2.75, 3.05) is 32.7 Å². The van der Waals surface area contributed by atoms with Crippen molar-refractivity contribution in [3.63, 3.8) is 0 Å². The minimum atomic E-state index is 0.219.